The normalized spacial score (nSPS) is 10.5. The number of fused-ring (bicyclic) bond motifs is 1. The molecule has 0 aliphatic heterocycles. The van der Waals surface area contributed by atoms with Gasteiger partial charge >= 0.3 is 29.3 Å². The molecule has 2 rings (SSSR count). The first-order chi connectivity index (χ1) is 4.88. The summed E-state index contributed by atoms with van der Waals surface area (Å²) in [4.78, 5) is 0. The van der Waals surface area contributed by atoms with Crippen LogP contribution in [0.3, 0.4) is 0 Å². The molecular formula is C7H5INO+. The molecule has 0 saturated heterocycles. The van der Waals surface area contributed by atoms with Crippen molar-refractivity contribution in [3.05, 3.63) is 30.7 Å². The van der Waals surface area contributed by atoms with Crippen molar-refractivity contribution in [2.75, 3.05) is 0 Å². The van der Waals surface area contributed by atoms with Gasteiger partial charge in [-0.25, -0.2) is 0 Å². The van der Waals surface area contributed by atoms with E-state index < -0.39 is 0 Å². The van der Waals surface area contributed by atoms with Crippen LogP contribution < -0.4 is 2.78 Å². The number of aromatic nitrogens is 1. The van der Waals surface area contributed by atoms with Crippen LogP contribution in [0.2, 0.25) is 0 Å². The molecule has 0 radical (unpaired) electrons. The average molecular weight is 246 g/mol. The van der Waals surface area contributed by atoms with E-state index >= 15 is 0 Å². The molecule has 50 valence electrons. The molecule has 0 spiro atoms. The SMILES string of the molecule is I[n+]1coc2ccccc21. The minimum Gasteiger partial charge on any atom is -0.403 e. The van der Waals surface area contributed by atoms with Gasteiger partial charge in [0.15, 0.2) is 0 Å². The molecule has 0 fully saturated rings. The van der Waals surface area contributed by atoms with E-state index in [1.807, 2.05) is 27.0 Å². The van der Waals surface area contributed by atoms with Gasteiger partial charge < -0.3 is 4.42 Å². The molecular weight excluding hydrogens is 241 g/mol. The Morgan fingerprint density at radius 2 is 2.10 bits per heavy atom. The second-order valence-electron chi connectivity index (χ2n) is 2.00. The molecule has 0 bridgehead atoms. The van der Waals surface area contributed by atoms with Crippen molar-refractivity contribution in [3.63, 3.8) is 0 Å². The topological polar surface area (TPSA) is 17.0 Å². The highest BCUT2D eigenvalue weighted by Gasteiger charge is 2.07. The molecule has 1 heterocycles. The van der Waals surface area contributed by atoms with E-state index in [1.54, 1.807) is 6.39 Å². The predicted octanol–water partition coefficient (Wildman–Crippen LogP) is 1.92. The Balaban J connectivity index is 2.93. The van der Waals surface area contributed by atoms with Crippen LogP contribution in [0.15, 0.2) is 35.1 Å². The molecule has 2 nitrogen and oxygen atoms in total. The Morgan fingerprint density at radius 1 is 1.30 bits per heavy atom. The molecule has 1 aromatic carbocycles. The zero-order valence-corrected chi connectivity index (χ0v) is 7.28. The van der Waals surface area contributed by atoms with Crippen LogP contribution in [0, 0.1) is 0 Å². The lowest BCUT2D eigenvalue weighted by Gasteiger charge is -1.76. The highest BCUT2D eigenvalue weighted by atomic mass is 127. The molecule has 10 heavy (non-hydrogen) atoms. The average Bonchev–Trinajstić information content (AvgIpc) is 2.34. The Morgan fingerprint density at radius 3 is 2.90 bits per heavy atom. The standard InChI is InChI=1S/C7H5INO/c8-9-5-10-7-4-2-1-3-6(7)9/h1-5H/q+1. The Kier molecular flexibility index (Phi) is 1.37. The van der Waals surface area contributed by atoms with Crippen LogP contribution in [0.5, 0.6) is 0 Å². The summed E-state index contributed by atoms with van der Waals surface area (Å²) >= 11 is 2.18. The first-order valence-corrected chi connectivity index (χ1v) is 3.88. The van der Waals surface area contributed by atoms with Gasteiger partial charge in [0.25, 0.3) is 5.52 Å². The van der Waals surface area contributed by atoms with Gasteiger partial charge in [-0.3, -0.25) is 0 Å². The van der Waals surface area contributed by atoms with E-state index in [0.29, 0.717) is 0 Å². The van der Waals surface area contributed by atoms with Gasteiger partial charge in [0.2, 0.25) is 5.58 Å². The summed E-state index contributed by atoms with van der Waals surface area (Å²) in [6.45, 7) is 0. The highest BCUT2D eigenvalue weighted by molar-refractivity contribution is 14.1. The fourth-order valence-electron chi connectivity index (χ4n) is 0.893. The van der Waals surface area contributed by atoms with Crippen LogP contribution in [0.1, 0.15) is 0 Å². The van der Waals surface area contributed by atoms with Crippen LogP contribution in [0.25, 0.3) is 11.1 Å². The summed E-state index contributed by atoms with van der Waals surface area (Å²) in [7, 11) is 0. The summed E-state index contributed by atoms with van der Waals surface area (Å²) < 4.78 is 7.13. The third-order valence-corrected chi connectivity index (χ3v) is 2.11. The highest BCUT2D eigenvalue weighted by Crippen LogP contribution is 2.09. The molecule has 3 heteroatoms. The van der Waals surface area contributed by atoms with Gasteiger partial charge in [0, 0.05) is 6.07 Å². The number of hydrogen-bond donors (Lipinski definition) is 0. The van der Waals surface area contributed by atoms with Gasteiger partial charge in [0.05, 0.1) is 0 Å². The Hall–Kier alpha value is -0.580. The monoisotopic (exact) mass is 246 g/mol. The van der Waals surface area contributed by atoms with Crippen molar-refractivity contribution in [1.82, 2.24) is 0 Å². The molecule has 1 aromatic heterocycles. The van der Waals surface area contributed by atoms with E-state index in [9.17, 15) is 0 Å². The number of halogens is 1. The third kappa shape index (κ3) is 0.811. The third-order valence-electron chi connectivity index (χ3n) is 1.37. The molecule has 0 aliphatic rings. The first kappa shape index (κ1) is 6.15. The summed E-state index contributed by atoms with van der Waals surface area (Å²) in [5.41, 5.74) is 2.04. The first-order valence-electron chi connectivity index (χ1n) is 2.92. The van der Waals surface area contributed by atoms with Crippen LogP contribution in [-0.4, -0.2) is 0 Å². The largest absolute Gasteiger partial charge is 0.403 e. The number of oxazole rings is 1. The number of nitrogens with zero attached hydrogens (tertiary/aromatic N) is 1. The molecule has 0 atom stereocenters. The summed E-state index contributed by atoms with van der Waals surface area (Å²) in [6.07, 6.45) is 1.69. The quantitative estimate of drug-likeness (QED) is 0.649. The number of hydrogen-bond acceptors (Lipinski definition) is 1. The lowest BCUT2D eigenvalue weighted by molar-refractivity contribution is -0.416. The smallest absolute Gasteiger partial charge is 0.357 e. The van der Waals surface area contributed by atoms with Crippen LogP contribution in [-0.2, 0) is 0 Å². The van der Waals surface area contributed by atoms with E-state index in [2.05, 4.69) is 22.9 Å². The number of rotatable bonds is 0. The van der Waals surface area contributed by atoms with Gasteiger partial charge in [-0.1, -0.05) is 14.9 Å². The lowest BCUT2D eigenvalue weighted by Crippen LogP contribution is -2.13. The summed E-state index contributed by atoms with van der Waals surface area (Å²) in [6, 6.07) is 7.92. The fourth-order valence-corrected chi connectivity index (χ4v) is 1.41. The lowest BCUT2D eigenvalue weighted by atomic mass is 10.3. The summed E-state index contributed by atoms with van der Waals surface area (Å²) in [5, 5.41) is 0. The van der Waals surface area contributed by atoms with Gasteiger partial charge in [-0.15, -0.1) is 0 Å². The van der Waals surface area contributed by atoms with E-state index in [0.717, 1.165) is 11.1 Å². The molecule has 0 unspecified atom stereocenters. The van der Waals surface area contributed by atoms with Crippen molar-refractivity contribution in [2.45, 2.75) is 0 Å². The number of benzene rings is 1. The van der Waals surface area contributed by atoms with Crippen molar-refractivity contribution < 1.29 is 7.20 Å². The molecule has 2 aromatic rings. The van der Waals surface area contributed by atoms with Crippen LogP contribution in [0.4, 0.5) is 0 Å². The Bertz CT molecular complexity index is 355. The van der Waals surface area contributed by atoms with E-state index in [1.165, 1.54) is 0 Å². The second kappa shape index (κ2) is 2.23. The minimum atomic E-state index is 0.928. The van der Waals surface area contributed by atoms with Crippen molar-refractivity contribution >= 4 is 34.0 Å². The van der Waals surface area contributed by atoms with Gasteiger partial charge in [-0.05, 0) is 6.07 Å². The molecule has 0 N–H and O–H groups in total. The van der Waals surface area contributed by atoms with Gasteiger partial charge in [-0.2, -0.15) is 0 Å². The maximum absolute atomic E-state index is 5.20. The molecule has 0 aliphatic carbocycles. The van der Waals surface area contributed by atoms with Crippen LogP contribution >= 0.6 is 22.9 Å². The fraction of sp³-hybridized carbons (Fsp3) is 0. The van der Waals surface area contributed by atoms with Crippen molar-refractivity contribution in [3.8, 4) is 0 Å². The zero-order valence-electron chi connectivity index (χ0n) is 5.12. The molecule has 0 amide bonds. The molecule has 0 saturated carbocycles. The Labute approximate surface area is 72.0 Å². The minimum absolute atomic E-state index is 0.928. The summed E-state index contributed by atoms with van der Waals surface area (Å²) in [5.74, 6) is 0. The van der Waals surface area contributed by atoms with E-state index in [4.69, 9.17) is 4.42 Å². The number of para-hydroxylation sites is 2. The van der Waals surface area contributed by atoms with Crippen molar-refractivity contribution in [1.29, 1.82) is 0 Å². The maximum atomic E-state index is 5.20. The second-order valence-corrected chi connectivity index (χ2v) is 3.04. The zero-order chi connectivity index (χ0) is 6.97. The predicted molar refractivity (Wildman–Crippen MR) is 45.8 cm³/mol. The van der Waals surface area contributed by atoms with Crippen molar-refractivity contribution in [2.24, 2.45) is 0 Å². The van der Waals surface area contributed by atoms with E-state index in [-0.39, 0.29) is 0 Å². The van der Waals surface area contributed by atoms with Gasteiger partial charge in [0.1, 0.15) is 0 Å². The maximum Gasteiger partial charge on any atom is 0.357 e.